The molecule has 9 atom stereocenters. The van der Waals surface area contributed by atoms with Crippen LogP contribution in [0.15, 0.2) is 47.4 Å². The van der Waals surface area contributed by atoms with Crippen molar-refractivity contribution in [2.24, 2.45) is 0 Å². The molecule has 29 heteroatoms. The summed E-state index contributed by atoms with van der Waals surface area (Å²) in [5.41, 5.74) is -12.0. The van der Waals surface area contributed by atoms with Gasteiger partial charge in [0.25, 0.3) is 0 Å². The highest BCUT2D eigenvalue weighted by Gasteiger charge is 2.44. The van der Waals surface area contributed by atoms with Gasteiger partial charge in [0.1, 0.15) is 37.0 Å². The first-order chi connectivity index (χ1) is 26.4. The van der Waals surface area contributed by atoms with Crippen LogP contribution in [0, 0.1) is 17.5 Å². The zero-order valence-electron chi connectivity index (χ0n) is 27.9. The van der Waals surface area contributed by atoms with Crippen molar-refractivity contribution in [3.63, 3.8) is 0 Å². The average molecular weight is 831 g/mol. The Morgan fingerprint density at radius 1 is 0.554 bits per heavy atom. The van der Waals surface area contributed by atoms with Crippen LogP contribution in [-0.2, 0) is 18.8 Å². The molecule has 6 rings (SSSR count). The van der Waals surface area contributed by atoms with Crippen LogP contribution in [0.2, 0.25) is 0 Å². The van der Waals surface area contributed by atoms with Crippen LogP contribution in [0.5, 0.6) is 0 Å². The van der Waals surface area contributed by atoms with Crippen molar-refractivity contribution in [3.05, 3.63) is 98.6 Å². The molecule has 3 fully saturated rings. The third-order valence-corrected chi connectivity index (χ3v) is 9.83. The van der Waals surface area contributed by atoms with E-state index in [1.807, 2.05) is 0 Å². The molecular formula is C27H30F3N6O19P. The molecule has 308 valence electrons. The SMILES string of the molecule is O=c1c(F)cn([C@H]2C[C@H](O)[C@@H](CO)O2)c(=O)n1OP(=O)(On1c(=O)c(F)cn([C@H]2C[C@H](O)[C@@H](CO)O2)c1=O)On1c(=O)c(F)cn([C@H]2C[C@H](O)[C@@H](CO)O2)c1=O. The van der Waals surface area contributed by atoms with Gasteiger partial charge in [-0.05, 0) is 0 Å². The molecule has 6 N–H and O–H groups in total. The summed E-state index contributed by atoms with van der Waals surface area (Å²) in [5.74, 6) is -5.74. The molecule has 0 bridgehead atoms. The lowest BCUT2D eigenvalue weighted by Gasteiger charge is -2.22. The van der Waals surface area contributed by atoms with Gasteiger partial charge < -0.3 is 44.8 Å². The molecule has 56 heavy (non-hydrogen) atoms. The van der Waals surface area contributed by atoms with E-state index in [2.05, 4.69) is 0 Å². The van der Waals surface area contributed by atoms with Gasteiger partial charge in [-0.3, -0.25) is 42.0 Å². The Kier molecular flexibility index (Phi) is 11.3. The molecule has 3 aliphatic rings. The standard InChI is InChI=1S/C27H30F3N6O19P/c28-10-4-31(19-1-13(40)16(7-37)50-19)25(46)34(22(10)43)53-56(49,54-35-23(44)11(29)5-32(26(35)47)20-2-14(41)17(8-38)51-20)55-36-24(45)12(30)6-33(27(36)48)21-3-15(42)18(9-39)52-21/h4-6,13-21,37-42H,1-3,7-9H2/t13-,14-,15-,16+,17+,18+,19+,20+,21+/m0/s1. The number of ether oxygens (including phenoxy) is 3. The van der Waals surface area contributed by atoms with Crippen molar-refractivity contribution in [3.8, 4) is 0 Å². The van der Waals surface area contributed by atoms with Gasteiger partial charge in [-0.2, -0.15) is 17.7 Å². The Bertz CT molecular complexity index is 2150. The lowest BCUT2D eigenvalue weighted by atomic mass is 10.2. The van der Waals surface area contributed by atoms with Gasteiger partial charge in [0, 0.05) is 19.3 Å². The van der Waals surface area contributed by atoms with E-state index < -0.39 is 168 Å². The summed E-state index contributed by atoms with van der Waals surface area (Å²) in [6.07, 6.45) is -14.3. The number of nitrogens with zero attached hydrogens (tertiary/aromatic N) is 6. The van der Waals surface area contributed by atoms with Gasteiger partial charge in [-0.15, -0.1) is 0 Å². The second-order valence-electron chi connectivity index (χ2n) is 12.3. The molecule has 6 heterocycles. The van der Waals surface area contributed by atoms with Crippen LogP contribution < -0.4 is 47.6 Å². The van der Waals surface area contributed by atoms with E-state index in [-0.39, 0.29) is 32.3 Å². The largest absolute Gasteiger partial charge is 0.706 e. The molecule has 0 amide bonds. The monoisotopic (exact) mass is 830 g/mol. The molecule has 0 aliphatic carbocycles. The highest BCUT2D eigenvalue weighted by Crippen LogP contribution is 2.38. The van der Waals surface area contributed by atoms with Crippen LogP contribution in [0.25, 0.3) is 0 Å². The first kappa shape index (κ1) is 40.8. The summed E-state index contributed by atoms with van der Waals surface area (Å²) in [6, 6.07) is 0. The van der Waals surface area contributed by atoms with Crippen LogP contribution in [0.3, 0.4) is 0 Å². The van der Waals surface area contributed by atoms with Crippen molar-refractivity contribution in [2.45, 2.75) is 74.6 Å². The lowest BCUT2D eigenvalue weighted by molar-refractivity contribution is -0.0498. The number of rotatable bonds is 12. The Balaban J connectivity index is 1.51. The van der Waals surface area contributed by atoms with E-state index >= 15 is 13.2 Å². The van der Waals surface area contributed by atoms with E-state index in [9.17, 15) is 64.0 Å². The van der Waals surface area contributed by atoms with Crippen molar-refractivity contribution in [1.29, 1.82) is 0 Å². The highest BCUT2D eigenvalue weighted by atomic mass is 31.2. The number of hydrogen-bond donors (Lipinski definition) is 6. The average Bonchev–Trinajstić information content (AvgIpc) is 3.86. The fourth-order valence-corrected chi connectivity index (χ4v) is 7.02. The summed E-state index contributed by atoms with van der Waals surface area (Å²) in [4.78, 5) is 79.2. The van der Waals surface area contributed by atoms with Crippen LogP contribution in [-0.4, -0.2) is 115 Å². The molecule has 3 saturated heterocycles. The van der Waals surface area contributed by atoms with E-state index in [0.717, 1.165) is 0 Å². The number of aliphatic hydroxyl groups excluding tert-OH is 6. The first-order valence-electron chi connectivity index (χ1n) is 16.1. The Labute approximate surface area is 305 Å². The number of phosphoric acid groups is 1. The number of halogens is 3. The topological polar surface area (TPSA) is 326 Å². The van der Waals surface area contributed by atoms with Gasteiger partial charge in [-0.1, -0.05) is 14.2 Å². The minimum atomic E-state index is -6.59. The van der Waals surface area contributed by atoms with Gasteiger partial charge in [0.15, 0.2) is 0 Å². The van der Waals surface area contributed by atoms with Crippen LogP contribution in [0.4, 0.5) is 13.2 Å². The van der Waals surface area contributed by atoms with Gasteiger partial charge in [0.2, 0.25) is 17.5 Å². The predicted molar refractivity (Wildman–Crippen MR) is 167 cm³/mol. The maximum atomic E-state index is 15.0. The molecular weight excluding hydrogens is 800 g/mol. The highest BCUT2D eigenvalue weighted by molar-refractivity contribution is 7.49. The number of aliphatic hydroxyl groups is 6. The molecule has 25 nitrogen and oxygen atoms in total. The minimum Gasteiger partial charge on any atom is -0.394 e. The Morgan fingerprint density at radius 2 is 0.804 bits per heavy atom. The van der Waals surface area contributed by atoms with E-state index in [1.165, 1.54) is 0 Å². The summed E-state index contributed by atoms with van der Waals surface area (Å²) < 4.78 is 88.1. The summed E-state index contributed by atoms with van der Waals surface area (Å²) in [7, 11) is -6.59. The zero-order chi connectivity index (χ0) is 41.0. The first-order valence-corrected chi connectivity index (χ1v) is 17.5. The minimum absolute atomic E-state index is 0.225. The molecule has 0 unspecified atom stereocenters. The van der Waals surface area contributed by atoms with E-state index in [1.54, 1.807) is 0 Å². The zero-order valence-corrected chi connectivity index (χ0v) is 28.8. The summed E-state index contributed by atoms with van der Waals surface area (Å²) in [5, 5.41) is 58.6. The predicted octanol–water partition coefficient (Wildman–Crippen LogP) is -6.21. The summed E-state index contributed by atoms with van der Waals surface area (Å²) >= 11 is 0. The molecule has 0 spiro atoms. The second kappa shape index (κ2) is 15.6. The van der Waals surface area contributed by atoms with Crippen LogP contribution in [0.1, 0.15) is 37.9 Å². The fraction of sp³-hybridized carbons (Fsp3) is 0.556. The summed E-state index contributed by atoms with van der Waals surface area (Å²) in [6.45, 7) is -2.42. The maximum absolute atomic E-state index is 15.0. The normalized spacial score (nSPS) is 27.8. The van der Waals surface area contributed by atoms with Gasteiger partial charge in [-0.25, -0.2) is 14.4 Å². The second-order valence-corrected chi connectivity index (χ2v) is 13.7. The van der Waals surface area contributed by atoms with Crippen LogP contribution >= 0.6 is 7.82 Å². The van der Waals surface area contributed by atoms with Crippen molar-refractivity contribution < 1.29 is 76.5 Å². The van der Waals surface area contributed by atoms with E-state index in [4.69, 9.17) is 28.1 Å². The van der Waals surface area contributed by atoms with Crippen molar-refractivity contribution in [1.82, 2.24) is 27.9 Å². The lowest BCUT2D eigenvalue weighted by Crippen LogP contribution is -2.51. The van der Waals surface area contributed by atoms with Gasteiger partial charge >= 0.3 is 41.6 Å². The molecule has 0 saturated carbocycles. The Hall–Kier alpha value is -4.90. The van der Waals surface area contributed by atoms with Crippen molar-refractivity contribution >= 4 is 7.82 Å². The smallest absolute Gasteiger partial charge is 0.394 e. The molecule has 0 radical (unpaired) electrons. The Morgan fingerprint density at radius 3 is 1.02 bits per heavy atom. The molecule has 3 aliphatic heterocycles. The quantitative estimate of drug-likeness (QED) is 0.0925. The maximum Gasteiger partial charge on any atom is 0.706 e. The third kappa shape index (κ3) is 7.38. The van der Waals surface area contributed by atoms with Crippen molar-refractivity contribution in [2.75, 3.05) is 19.8 Å². The molecule has 0 aromatic carbocycles. The van der Waals surface area contributed by atoms with E-state index in [0.29, 0.717) is 0 Å². The third-order valence-electron chi connectivity index (χ3n) is 8.74. The van der Waals surface area contributed by atoms with Gasteiger partial charge in [0.05, 0.1) is 56.7 Å². The number of aromatic nitrogens is 6. The molecule has 3 aromatic rings. The number of hydrogen-bond acceptors (Lipinski definition) is 19. The molecule has 3 aromatic heterocycles. The fourth-order valence-electron chi connectivity index (χ4n) is 5.89.